The second-order valence-electron chi connectivity index (χ2n) is 4.25. The van der Waals surface area contributed by atoms with Crippen LogP contribution < -0.4 is 5.73 Å². The molecule has 0 unspecified atom stereocenters. The first kappa shape index (κ1) is 14.1. The minimum atomic E-state index is -0.686. The summed E-state index contributed by atoms with van der Waals surface area (Å²) in [5.74, 6) is 0.262. The van der Waals surface area contributed by atoms with E-state index in [2.05, 4.69) is 10.2 Å². The van der Waals surface area contributed by atoms with Gasteiger partial charge in [-0.25, -0.2) is 4.39 Å². The number of benzene rings is 1. The summed E-state index contributed by atoms with van der Waals surface area (Å²) in [7, 11) is 0. The van der Waals surface area contributed by atoms with Crippen LogP contribution in [0.5, 0.6) is 0 Å². The monoisotopic (exact) mass is 279 g/mol. The van der Waals surface area contributed by atoms with E-state index in [1.54, 1.807) is 4.57 Å². The van der Waals surface area contributed by atoms with Crippen molar-refractivity contribution in [3.8, 4) is 11.4 Å². The molecule has 0 aliphatic heterocycles. The molecule has 8 heteroatoms. The highest BCUT2D eigenvalue weighted by Gasteiger charge is 2.17. The molecule has 7 nitrogen and oxygen atoms in total. The average Bonchev–Trinajstić information content (AvgIpc) is 2.81. The van der Waals surface area contributed by atoms with Crippen LogP contribution in [0.25, 0.3) is 11.4 Å². The third-order valence-electron chi connectivity index (χ3n) is 2.81. The molecular weight excluding hydrogens is 265 g/mol. The van der Waals surface area contributed by atoms with E-state index in [0.29, 0.717) is 23.8 Å². The van der Waals surface area contributed by atoms with Crippen molar-refractivity contribution < 1.29 is 9.31 Å². The number of hydrogen-bond donors (Lipinski definition) is 1. The zero-order chi connectivity index (χ0) is 14.7. The SMILES string of the molecule is CCCn1c(CN)nnc1-c1cc(F)cc([N+](=O)[O-])c1. The van der Waals surface area contributed by atoms with Crippen LogP contribution in [-0.4, -0.2) is 19.7 Å². The molecule has 0 aliphatic carbocycles. The number of halogens is 1. The van der Waals surface area contributed by atoms with Crippen LogP contribution in [0.15, 0.2) is 18.2 Å². The molecule has 2 rings (SSSR count). The van der Waals surface area contributed by atoms with Crippen molar-refractivity contribution in [1.82, 2.24) is 14.8 Å². The van der Waals surface area contributed by atoms with Crippen molar-refractivity contribution in [1.29, 1.82) is 0 Å². The molecular formula is C12H14FN5O2. The molecule has 0 spiro atoms. The van der Waals surface area contributed by atoms with Gasteiger partial charge < -0.3 is 10.3 Å². The summed E-state index contributed by atoms with van der Waals surface area (Å²) >= 11 is 0. The van der Waals surface area contributed by atoms with Crippen molar-refractivity contribution in [2.45, 2.75) is 26.4 Å². The lowest BCUT2D eigenvalue weighted by Crippen LogP contribution is -2.09. The van der Waals surface area contributed by atoms with Crippen molar-refractivity contribution in [3.63, 3.8) is 0 Å². The molecule has 0 radical (unpaired) electrons. The van der Waals surface area contributed by atoms with Gasteiger partial charge >= 0.3 is 0 Å². The Balaban J connectivity index is 2.56. The van der Waals surface area contributed by atoms with E-state index in [9.17, 15) is 14.5 Å². The quantitative estimate of drug-likeness (QED) is 0.665. The van der Waals surface area contributed by atoms with Gasteiger partial charge in [0.15, 0.2) is 5.82 Å². The third-order valence-corrected chi connectivity index (χ3v) is 2.81. The highest BCUT2D eigenvalue weighted by molar-refractivity contribution is 5.59. The average molecular weight is 279 g/mol. The number of nitro benzene ring substituents is 1. The van der Waals surface area contributed by atoms with Gasteiger partial charge in [0.2, 0.25) is 0 Å². The second-order valence-corrected chi connectivity index (χ2v) is 4.25. The number of rotatable bonds is 5. The summed E-state index contributed by atoms with van der Waals surface area (Å²) in [5.41, 5.74) is 5.57. The molecule has 106 valence electrons. The van der Waals surface area contributed by atoms with Gasteiger partial charge in [-0.2, -0.15) is 0 Å². The number of hydrogen-bond acceptors (Lipinski definition) is 5. The van der Waals surface area contributed by atoms with Gasteiger partial charge in [-0.1, -0.05) is 6.92 Å². The Kier molecular flexibility index (Phi) is 4.04. The van der Waals surface area contributed by atoms with E-state index >= 15 is 0 Å². The number of nitrogens with zero attached hydrogens (tertiary/aromatic N) is 4. The van der Waals surface area contributed by atoms with Crippen LogP contribution >= 0.6 is 0 Å². The van der Waals surface area contributed by atoms with Crippen molar-refractivity contribution in [2.24, 2.45) is 5.73 Å². The molecule has 2 aromatic rings. The highest BCUT2D eigenvalue weighted by Crippen LogP contribution is 2.25. The Labute approximate surface area is 114 Å². The number of nitro groups is 1. The maximum atomic E-state index is 13.5. The summed E-state index contributed by atoms with van der Waals surface area (Å²) in [4.78, 5) is 10.1. The summed E-state index contributed by atoms with van der Waals surface area (Å²) < 4.78 is 15.2. The molecule has 1 heterocycles. The third kappa shape index (κ3) is 2.64. The number of aromatic nitrogens is 3. The molecule has 1 aromatic carbocycles. The van der Waals surface area contributed by atoms with Crippen LogP contribution in [0.4, 0.5) is 10.1 Å². The Hall–Kier alpha value is -2.35. The van der Waals surface area contributed by atoms with Gasteiger partial charge in [0.05, 0.1) is 17.5 Å². The lowest BCUT2D eigenvalue weighted by atomic mass is 10.2. The summed E-state index contributed by atoms with van der Waals surface area (Å²) in [6, 6.07) is 3.34. The minimum Gasteiger partial charge on any atom is -0.324 e. The maximum Gasteiger partial charge on any atom is 0.273 e. The fraction of sp³-hybridized carbons (Fsp3) is 0.333. The lowest BCUT2D eigenvalue weighted by Gasteiger charge is -2.08. The first-order valence-electron chi connectivity index (χ1n) is 6.14. The van der Waals surface area contributed by atoms with Crippen LogP contribution in [0.2, 0.25) is 0 Å². The van der Waals surface area contributed by atoms with E-state index < -0.39 is 10.7 Å². The fourth-order valence-corrected chi connectivity index (χ4v) is 1.97. The van der Waals surface area contributed by atoms with Gasteiger partial charge in [-0.05, 0) is 12.5 Å². The Bertz CT molecular complexity index is 641. The Morgan fingerprint density at radius 1 is 1.40 bits per heavy atom. The van der Waals surface area contributed by atoms with Crippen molar-refractivity contribution in [3.05, 3.63) is 40.0 Å². The van der Waals surface area contributed by atoms with Crippen LogP contribution in [0.1, 0.15) is 19.2 Å². The van der Waals surface area contributed by atoms with Crippen LogP contribution in [0.3, 0.4) is 0 Å². The maximum absolute atomic E-state index is 13.5. The lowest BCUT2D eigenvalue weighted by molar-refractivity contribution is -0.385. The fourth-order valence-electron chi connectivity index (χ4n) is 1.97. The summed E-state index contributed by atoms with van der Waals surface area (Å²) in [6.07, 6.45) is 0.815. The predicted octanol–water partition coefficient (Wildman–Crippen LogP) is 1.86. The number of non-ortho nitro benzene ring substituents is 1. The Morgan fingerprint density at radius 3 is 2.75 bits per heavy atom. The van der Waals surface area contributed by atoms with E-state index in [-0.39, 0.29) is 12.2 Å². The number of nitrogens with two attached hydrogens (primary N) is 1. The molecule has 0 bridgehead atoms. The van der Waals surface area contributed by atoms with Gasteiger partial charge in [0.25, 0.3) is 5.69 Å². The van der Waals surface area contributed by atoms with E-state index in [1.807, 2.05) is 6.92 Å². The normalized spacial score (nSPS) is 10.8. The van der Waals surface area contributed by atoms with Gasteiger partial charge in [-0.15, -0.1) is 10.2 Å². The summed E-state index contributed by atoms with van der Waals surface area (Å²) in [6.45, 7) is 2.78. The zero-order valence-corrected chi connectivity index (χ0v) is 10.9. The minimum absolute atomic E-state index is 0.199. The molecule has 0 fully saturated rings. The molecule has 2 N–H and O–H groups in total. The van der Waals surface area contributed by atoms with E-state index in [4.69, 9.17) is 5.73 Å². The molecule has 0 amide bonds. The standard InChI is InChI=1S/C12H14FN5O2/c1-2-3-17-11(7-14)15-16-12(17)8-4-9(13)6-10(5-8)18(19)20/h4-6H,2-3,7,14H2,1H3. The molecule has 0 aliphatic rings. The summed E-state index contributed by atoms with van der Waals surface area (Å²) in [5, 5.41) is 18.7. The molecule has 0 saturated heterocycles. The topological polar surface area (TPSA) is 99.9 Å². The van der Waals surface area contributed by atoms with E-state index in [0.717, 1.165) is 12.5 Å². The van der Waals surface area contributed by atoms with Crippen LogP contribution in [0, 0.1) is 15.9 Å². The Morgan fingerprint density at radius 2 is 2.15 bits per heavy atom. The van der Waals surface area contributed by atoms with Gasteiger partial charge in [0, 0.05) is 18.2 Å². The van der Waals surface area contributed by atoms with Crippen LogP contribution in [-0.2, 0) is 13.1 Å². The molecule has 0 atom stereocenters. The first-order valence-corrected chi connectivity index (χ1v) is 6.14. The van der Waals surface area contributed by atoms with Crippen molar-refractivity contribution in [2.75, 3.05) is 0 Å². The van der Waals surface area contributed by atoms with E-state index in [1.165, 1.54) is 12.1 Å². The predicted molar refractivity (Wildman–Crippen MR) is 70.3 cm³/mol. The van der Waals surface area contributed by atoms with Gasteiger partial charge in [-0.3, -0.25) is 10.1 Å². The highest BCUT2D eigenvalue weighted by atomic mass is 19.1. The molecule has 1 aromatic heterocycles. The first-order chi connectivity index (χ1) is 9.56. The largest absolute Gasteiger partial charge is 0.324 e. The second kappa shape index (κ2) is 5.74. The molecule has 20 heavy (non-hydrogen) atoms. The van der Waals surface area contributed by atoms with Crippen molar-refractivity contribution >= 4 is 5.69 Å². The van der Waals surface area contributed by atoms with Gasteiger partial charge in [0.1, 0.15) is 11.6 Å². The molecule has 0 saturated carbocycles. The zero-order valence-electron chi connectivity index (χ0n) is 10.9. The smallest absolute Gasteiger partial charge is 0.273 e.